The lowest BCUT2D eigenvalue weighted by Crippen LogP contribution is -1.99. The second-order valence-corrected chi connectivity index (χ2v) is 3.24. The summed E-state index contributed by atoms with van der Waals surface area (Å²) in [6.45, 7) is 0. The number of rotatable bonds is 3. The van der Waals surface area contributed by atoms with Gasteiger partial charge in [0.15, 0.2) is 0 Å². The zero-order valence-electron chi connectivity index (χ0n) is 9.11. The predicted molar refractivity (Wildman–Crippen MR) is 70.1 cm³/mol. The van der Waals surface area contributed by atoms with Gasteiger partial charge >= 0.3 is 0 Å². The van der Waals surface area contributed by atoms with Crippen LogP contribution in [0.5, 0.6) is 0 Å². The van der Waals surface area contributed by atoms with Crippen LogP contribution < -0.4 is 11.1 Å². The highest BCUT2D eigenvalue weighted by Gasteiger charge is 2.06. The molecule has 0 bridgehead atoms. The van der Waals surface area contributed by atoms with Crippen LogP contribution in [-0.2, 0) is 0 Å². The minimum absolute atomic E-state index is 0. The van der Waals surface area contributed by atoms with E-state index in [9.17, 15) is 10.1 Å². The zero-order chi connectivity index (χ0) is 12.3. The standard InChI is InChI=1S/C10H9N5O2.ClH/c11-9-4-5-12-10(14-9)13-7-2-1-3-8(6-7)15(16)17;/h1-6H,(H3,11,12,13,14);1H. The number of halogens is 1. The largest absolute Gasteiger partial charge is 0.384 e. The SMILES string of the molecule is Cl.Nc1ccnc(Nc2cccc([N+](=O)[O-])c2)n1. The van der Waals surface area contributed by atoms with Crippen molar-refractivity contribution < 1.29 is 4.92 Å². The van der Waals surface area contributed by atoms with Crippen LogP contribution in [0.2, 0.25) is 0 Å². The van der Waals surface area contributed by atoms with E-state index in [0.29, 0.717) is 17.5 Å². The quantitative estimate of drug-likeness (QED) is 0.652. The molecule has 1 aromatic heterocycles. The summed E-state index contributed by atoms with van der Waals surface area (Å²) in [5.74, 6) is 0.624. The molecular formula is C10H10ClN5O2. The first-order chi connectivity index (χ1) is 8.15. The molecule has 0 atom stereocenters. The highest BCUT2D eigenvalue weighted by atomic mass is 35.5. The highest BCUT2D eigenvalue weighted by molar-refractivity contribution is 5.85. The second-order valence-electron chi connectivity index (χ2n) is 3.24. The zero-order valence-corrected chi connectivity index (χ0v) is 9.92. The minimum atomic E-state index is -0.467. The number of hydrogen-bond donors (Lipinski definition) is 2. The van der Waals surface area contributed by atoms with E-state index in [1.165, 1.54) is 18.3 Å². The number of anilines is 3. The van der Waals surface area contributed by atoms with Crippen LogP contribution in [0.4, 0.5) is 23.1 Å². The van der Waals surface area contributed by atoms with Gasteiger partial charge in [-0.2, -0.15) is 4.98 Å². The van der Waals surface area contributed by atoms with Gasteiger partial charge in [-0.25, -0.2) is 4.98 Å². The number of nitro groups is 1. The van der Waals surface area contributed by atoms with Gasteiger partial charge < -0.3 is 11.1 Å². The van der Waals surface area contributed by atoms with Crippen molar-refractivity contribution in [1.82, 2.24) is 9.97 Å². The lowest BCUT2D eigenvalue weighted by atomic mass is 10.3. The van der Waals surface area contributed by atoms with E-state index >= 15 is 0 Å². The third-order valence-corrected chi connectivity index (χ3v) is 1.99. The number of nitro benzene ring substituents is 1. The first kappa shape index (κ1) is 13.7. The Labute approximate surface area is 109 Å². The van der Waals surface area contributed by atoms with Crippen molar-refractivity contribution in [3.63, 3.8) is 0 Å². The molecule has 0 unspecified atom stereocenters. The topological polar surface area (TPSA) is 107 Å². The van der Waals surface area contributed by atoms with Gasteiger partial charge in [-0.15, -0.1) is 12.4 Å². The Morgan fingerprint density at radius 1 is 1.33 bits per heavy atom. The van der Waals surface area contributed by atoms with Crippen molar-refractivity contribution in [1.29, 1.82) is 0 Å². The molecule has 18 heavy (non-hydrogen) atoms. The minimum Gasteiger partial charge on any atom is -0.384 e. The van der Waals surface area contributed by atoms with Crippen LogP contribution in [0, 0.1) is 10.1 Å². The van der Waals surface area contributed by atoms with Crippen molar-refractivity contribution in [3.8, 4) is 0 Å². The number of non-ortho nitro benzene ring substituents is 1. The normalized spacial score (nSPS) is 9.33. The maximum absolute atomic E-state index is 10.6. The van der Waals surface area contributed by atoms with Crippen molar-refractivity contribution in [2.45, 2.75) is 0 Å². The van der Waals surface area contributed by atoms with Crippen molar-refractivity contribution >= 4 is 35.5 Å². The maximum Gasteiger partial charge on any atom is 0.271 e. The molecule has 1 heterocycles. The van der Waals surface area contributed by atoms with Gasteiger partial charge in [-0.05, 0) is 12.1 Å². The molecule has 3 N–H and O–H groups in total. The summed E-state index contributed by atoms with van der Waals surface area (Å²) in [6.07, 6.45) is 1.50. The van der Waals surface area contributed by atoms with E-state index in [-0.39, 0.29) is 18.1 Å². The summed E-state index contributed by atoms with van der Waals surface area (Å²) in [6, 6.07) is 7.61. The van der Waals surface area contributed by atoms with Gasteiger partial charge in [-0.3, -0.25) is 10.1 Å². The molecule has 7 nitrogen and oxygen atoms in total. The van der Waals surface area contributed by atoms with Gasteiger partial charge in [0.1, 0.15) is 5.82 Å². The molecule has 1 aromatic carbocycles. The van der Waals surface area contributed by atoms with E-state index < -0.39 is 4.92 Å². The Morgan fingerprint density at radius 3 is 2.78 bits per heavy atom. The third-order valence-electron chi connectivity index (χ3n) is 1.99. The van der Waals surface area contributed by atoms with Crippen molar-refractivity contribution in [2.75, 3.05) is 11.1 Å². The number of nitrogens with one attached hydrogen (secondary N) is 1. The fraction of sp³-hybridized carbons (Fsp3) is 0. The van der Waals surface area contributed by atoms with Gasteiger partial charge in [0.25, 0.3) is 5.69 Å². The summed E-state index contributed by atoms with van der Waals surface area (Å²) in [4.78, 5) is 18.0. The summed E-state index contributed by atoms with van der Waals surface area (Å²) in [5.41, 5.74) is 6.02. The average Bonchev–Trinajstić information content (AvgIpc) is 2.29. The predicted octanol–water partition coefficient (Wildman–Crippen LogP) is 2.13. The number of nitrogens with two attached hydrogens (primary N) is 1. The Bertz CT molecular complexity index is 563. The molecular weight excluding hydrogens is 258 g/mol. The lowest BCUT2D eigenvalue weighted by molar-refractivity contribution is -0.384. The Kier molecular flexibility index (Phi) is 4.39. The fourth-order valence-electron chi connectivity index (χ4n) is 1.26. The average molecular weight is 268 g/mol. The molecule has 2 rings (SSSR count). The van der Waals surface area contributed by atoms with Crippen molar-refractivity contribution in [3.05, 3.63) is 46.6 Å². The molecule has 0 aliphatic heterocycles. The second kappa shape index (κ2) is 5.78. The number of nitrogen functional groups attached to an aromatic ring is 1. The smallest absolute Gasteiger partial charge is 0.271 e. The number of aromatic nitrogens is 2. The Balaban J connectivity index is 0.00000162. The van der Waals surface area contributed by atoms with Crippen LogP contribution in [0.3, 0.4) is 0 Å². The van der Waals surface area contributed by atoms with E-state index in [4.69, 9.17) is 5.73 Å². The van der Waals surface area contributed by atoms with Crippen LogP contribution in [0.25, 0.3) is 0 Å². The molecule has 0 amide bonds. The molecule has 94 valence electrons. The van der Waals surface area contributed by atoms with E-state index in [0.717, 1.165) is 0 Å². The van der Waals surface area contributed by atoms with Gasteiger partial charge in [-0.1, -0.05) is 6.07 Å². The van der Waals surface area contributed by atoms with Gasteiger partial charge in [0.2, 0.25) is 5.95 Å². The molecule has 0 aliphatic carbocycles. The highest BCUT2D eigenvalue weighted by Crippen LogP contribution is 2.19. The van der Waals surface area contributed by atoms with Crippen LogP contribution >= 0.6 is 12.4 Å². The summed E-state index contributed by atoms with van der Waals surface area (Å²) < 4.78 is 0. The van der Waals surface area contributed by atoms with Crippen LogP contribution in [0.1, 0.15) is 0 Å². The fourth-order valence-corrected chi connectivity index (χ4v) is 1.26. The molecule has 0 fully saturated rings. The number of nitrogens with zero attached hydrogens (tertiary/aromatic N) is 3. The first-order valence-electron chi connectivity index (χ1n) is 4.75. The van der Waals surface area contributed by atoms with Gasteiger partial charge in [0, 0.05) is 24.0 Å². The molecule has 0 saturated heterocycles. The molecule has 8 heteroatoms. The first-order valence-corrected chi connectivity index (χ1v) is 4.75. The monoisotopic (exact) mass is 267 g/mol. The summed E-state index contributed by atoms with van der Waals surface area (Å²) in [5, 5.41) is 13.4. The third kappa shape index (κ3) is 3.29. The van der Waals surface area contributed by atoms with Crippen molar-refractivity contribution in [2.24, 2.45) is 0 Å². The summed E-state index contributed by atoms with van der Waals surface area (Å²) in [7, 11) is 0. The molecule has 0 radical (unpaired) electrons. The number of hydrogen-bond acceptors (Lipinski definition) is 6. The molecule has 2 aromatic rings. The molecule has 0 saturated carbocycles. The lowest BCUT2D eigenvalue weighted by Gasteiger charge is -2.04. The molecule has 0 spiro atoms. The van der Waals surface area contributed by atoms with E-state index in [2.05, 4.69) is 15.3 Å². The van der Waals surface area contributed by atoms with Gasteiger partial charge in [0.05, 0.1) is 4.92 Å². The van der Waals surface area contributed by atoms with E-state index in [1.54, 1.807) is 18.2 Å². The maximum atomic E-state index is 10.6. The van der Waals surface area contributed by atoms with Crippen LogP contribution in [-0.4, -0.2) is 14.9 Å². The van der Waals surface area contributed by atoms with E-state index in [1.807, 2.05) is 0 Å². The van der Waals surface area contributed by atoms with Crippen LogP contribution in [0.15, 0.2) is 36.5 Å². The Morgan fingerprint density at radius 2 is 2.11 bits per heavy atom. The summed E-state index contributed by atoms with van der Waals surface area (Å²) >= 11 is 0. The number of benzene rings is 1. The Hall–Kier alpha value is -2.41. The molecule has 0 aliphatic rings.